The van der Waals surface area contributed by atoms with Gasteiger partial charge in [-0.1, -0.05) is 32.0 Å². The molecule has 4 heteroatoms. The van der Waals surface area contributed by atoms with Gasteiger partial charge in [-0.25, -0.2) is 4.68 Å². The Hall–Kier alpha value is -2.10. The predicted octanol–water partition coefficient (Wildman–Crippen LogP) is 4.30. The van der Waals surface area contributed by atoms with Gasteiger partial charge in [0.05, 0.1) is 11.4 Å². The fourth-order valence-corrected chi connectivity index (χ4v) is 2.86. The zero-order valence-electron chi connectivity index (χ0n) is 14.8. The average Bonchev–Trinajstić information content (AvgIpc) is 3.32. The molecule has 0 aliphatic heterocycles. The van der Waals surface area contributed by atoms with Gasteiger partial charge in [-0.05, 0) is 56.7 Å². The molecule has 1 heterocycles. The Morgan fingerprint density at radius 3 is 2.54 bits per heavy atom. The van der Waals surface area contributed by atoms with Crippen molar-refractivity contribution in [3.05, 3.63) is 47.8 Å². The molecule has 0 saturated heterocycles. The minimum Gasteiger partial charge on any atom is -0.348 e. The number of rotatable bonds is 7. The van der Waals surface area contributed by atoms with E-state index in [-0.39, 0.29) is 11.9 Å². The molecule has 4 nitrogen and oxygen atoms in total. The minimum absolute atomic E-state index is 0.0329. The molecule has 1 unspecified atom stereocenters. The van der Waals surface area contributed by atoms with Crippen molar-refractivity contribution in [3.63, 3.8) is 0 Å². The van der Waals surface area contributed by atoms with Gasteiger partial charge in [0, 0.05) is 12.0 Å². The Morgan fingerprint density at radius 1 is 1.21 bits per heavy atom. The lowest BCUT2D eigenvalue weighted by Crippen LogP contribution is -2.34. The van der Waals surface area contributed by atoms with Crippen LogP contribution in [0.5, 0.6) is 0 Å². The van der Waals surface area contributed by atoms with Crippen LogP contribution in [0.15, 0.2) is 36.4 Å². The van der Waals surface area contributed by atoms with Crippen LogP contribution >= 0.6 is 0 Å². The normalized spacial score (nSPS) is 15.5. The summed E-state index contributed by atoms with van der Waals surface area (Å²) in [7, 11) is 0. The lowest BCUT2D eigenvalue weighted by molar-refractivity contribution is 0.0929. The predicted molar refractivity (Wildman–Crippen MR) is 96.5 cm³/mol. The molecule has 0 radical (unpaired) electrons. The highest BCUT2D eigenvalue weighted by Gasteiger charge is 2.29. The number of hydrogen-bond acceptors (Lipinski definition) is 2. The molecule has 1 aliphatic carbocycles. The summed E-state index contributed by atoms with van der Waals surface area (Å²) in [5.41, 5.74) is 2.61. The summed E-state index contributed by atoms with van der Waals surface area (Å²) in [6, 6.07) is 12.0. The van der Waals surface area contributed by atoms with Gasteiger partial charge in [-0.2, -0.15) is 5.10 Å². The van der Waals surface area contributed by atoms with Crippen LogP contribution in [0.1, 0.15) is 68.6 Å². The van der Waals surface area contributed by atoms with Crippen molar-refractivity contribution in [2.24, 2.45) is 5.92 Å². The van der Waals surface area contributed by atoms with Crippen LogP contribution in [0.3, 0.4) is 0 Å². The first kappa shape index (κ1) is 16.7. The first-order valence-electron chi connectivity index (χ1n) is 9.01. The number of hydrogen-bond donors (Lipinski definition) is 1. The van der Waals surface area contributed by atoms with Crippen molar-refractivity contribution >= 4 is 5.91 Å². The molecule has 3 rings (SSSR count). The maximum atomic E-state index is 12.8. The molecule has 1 amide bonds. The number of benzene rings is 1. The molecule has 0 spiro atoms. The molecule has 24 heavy (non-hydrogen) atoms. The highest BCUT2D eigenvalue weighted by molar-refractivity contribution is 5.93. The second kappa shape index (κ2) is 7.20. The van der Waals surface area contributed by atoms with E-state index in [9.17, 15) is 4.79 Å². The molecule has 1 atom stereocenters. The zero-order chi connectivity index (χ0) is 17.1. The Labute approximate surface area is 144 Å². The number of amides is 1. The molecule has 1 N–H and O–H groups in total. The Balaban J connectivity index is 1.79. The summed E-state index contributed by atoms with van der Waals surface area (Å²) < 4.78 is 1.79. The Morgan fingerprint density at radius 2 is 1.92 bits per heavy atom. The number of nitrogens with one attached hydrogen (secondary N) is 1. The van der Waals surface area contributed by atoms with Crippen molar-refractivity contribution in [2.75, 3.05) is 0 Å². The Kier molecular flexibility index (Phi) is 5.03. The molecule has 1 aromatic carbocycles. The molecule has 2 aromatic rings. The summed E-state index contributed by atoms with van der Waals surface area (Å²) in [6.45, 7) is 6.49. The van der Waals surface area contributed by atoms with Crippen molar-refractivity contribution in [1.29, 1.82) is 0 Å². The van der Waals surface area contributed by atoms with Gasteiger partial charge in [0.1, 0.15) is 5.69 Å². The SMILES string of the molecule is CC(C)CCC(C)NC(=O)c1cc(C2CC2)nn1-c1ccccc1. The third-order valence-corrected chi connectivity index (χ3v) is 4.51. The maximum absolute atomic E-state index is 12.8. The second-order valence-electron chi connectivity index (χ2n) is 7.32. The molecule has 1 aromatic heterocycles. The van der Waals surface area contributed by atoms with E-state index in [1.165, 1.54) is 12.8 Å². The molecule has 1 fully saturated rings. The number of para-hydroxylation sites is 1. The first-order valence-corrected chi connectivity index (χ1v) is 9.01. The molecule has 0 bridgehead atoms. The second-order valence-corrected chi connectivity index (χ2v) is 7.32. The first-order chi connectivity index (χ1) is 11.5. The fraction of sp³-hybridized carbons (Fsp3) is 0.500. The minimum atomic E-state index is -0.0329. The standard InChI is InChI=1S/C20H27N3O/c1-14(2)9-10-15(3)21-20(24)19-13-18(16-11-12-16)22-23(19)17-7-5-4-6-8-17/h4-8,13-16H,9-12H2,1-3H3,(H,21,24). The summed E-state index contributed by atoms with van der Waals surface area (Å²) in [5, 5.41) is 7.84. The van der Waals surface area contributed by atoms with Crippen LogP contribution in [0.4, 0.5) is 0 Å². The lowest BCUT2D eigenvalue weighted by atomic mass is 10.0. The van der Waals surface area contributed by atoms with E-state index in [0.717, 1.165) is 24.2 Å². The van der Waals surface area contributed by atoms with Crippen LogP contribution in [-0.2, 0) is 0 Å². The monoisotopic (exact) mass is 325 g/mol. The largest absolute Gasteiger partial charge is 0.348 e. The average molecular weight is 325 g/mol. The van der Waals surface area contributed by atoms with E-state index in [0.29, 0.717) is 17.5 Å². The van der Waals surface area contributed by atoms with Gasteiger partial charge in [-0.15, -0.1) is 0 Å². The van der Waals surface area contributed by atoms with Crippen molar-refractivity contribution in [3.8, 4) is 5.69 Å². The zero-order valence-corrected chi connectivity index (χ0v) is 14.8. The van der Waals surface area contributed by atoms with Gasteiger partial charge in [0.2, 0.25) is 0 Å². The van der Waals surface area contributed by atoms with Crippen LogP contribution in [-0.4, -0.2) is 21.7 Å². The highest BCUT2D eigenvalue weighted by Crippen LogP contribution is 2.39. The van der Waals surface area contributed by atoms with E-state index in [2.05, 4.69) is 26.1 Å². The highest BCUT2D eigenvalue weighted by atomic mass is 16.2. The summed E-state index contributed by atoms with van der Waals surface area (Å²) in [4.78, 5) is 12.8. The van der Waals surface area contributed by atoms with E-state index in [4.69, 9.17) is 5.10 Å². The quantitative estimate of drug-likeness (QED) is 0.825. The van der Waals surface area contributed by atoms with E-state index in [1.807, 2.05) is 36.4 Å². The smallest absolute Gasteiger partial charge is 0.270 e. The lowest BCUT2D eigenvalue weighted by Gasteiger charge is -2.15. The fourth-order valence-electron chi connectivity index (χ4n) is 2.86. The van der Waals surface area contributed by atoms with Gasteiger partial charge in [0.15, 0.2) is 0 Å². The van der Waals surface area contributed by atoms with Crippen molar-refractivity contribution in [2.45, 2.75) is 58.4 Å². The Bertz CT molecular complexity index is 686. The van der Waals surface area contributed by atoms with E-state index >= 15 is 0 Å². The topological polar surface area (TPSA) is 46.9 Å². The number of aromatic nitrogens is 2. The van der Waals surface area contributed by atoms with Gasteiger partial charge >= 0.3 is 0 Å². The molecular weight excluding hydrogens is 298 g/mol. The molecule has 1 saturated carbocycles. The van der Waals surface area contributed by atoms with Crippen LogP contribution in [0.25, 0.3) is 5.69 Å². The number of nitrogens with zero attached hydrogens (tertiary/aromatic N) is 2. The van der Waals surface area contributed by atoms with Gasteiger partial charge in [-0.3, -0.25) is 4.79 Å². The summed E-state index contributed by atoms with van der Waals surface area (Å²) in [6.07, 6.45) is 4.47. The van der Waals surface area contributed by atoms with E-state index in [1.54, 1.807) is 4.68 Å². The van der Waals surface area contributed by atoms with Crippen LogP contribution in [0.2, 0.25) is 0 Å². The maximum Gasteiger partial charge on any atom is 0.270 e. The van der Waals surface area contributed by atoms with Gasteiger partial charge in [0.25, 0.3) is 5.91 Å². The number of carbonyl (C=O) groups excluding carboxylic acids is 1. The third-order valence-electron chi connectivity index (χ3n) is 4.51. The summed E-state index contributed by atoms with van der Waals surface area (Å²) in [5.74, 6) is 1.15. The molecule has 128 valence electrons. The summed E-state index contributed by atoms with van der Waals surface area (Å²) >= 11 is 0. The van der Waals surface area contributed by atoms with Gasteiger partial charge < -0.3 is 5.32 Å². The number of carbonyl (C=O) groups is 1. The molecular formula is C20H27N3O. The van der Waals surface area contributed by atoms with Crippen molar-refractivity contribution < 1.29 is 4.79 Å². The van der Waals surface area contributed by atoms with Crippen LogP contribution in [0, 0.1) is 5.92 Å². The molecule has 1 aliphatic rings. The van der Waals surface area contributed by atoms with Crippen molar-refractivity contribution in [1.82, 2.24) is 15.1 Å². The third kappa shape index (κ3) is 4.05. The van der Waals surface area contributed by atoms with E-state index < -0.39 is 0 Å². The van der Waals surface area contributed by atoms with Crippen LogP contribution < -0.4 is 5.32 Å².